The third-order valence-corrected chi connectivity index (χ3v) is 4.21. The van der Waals surface area contributed by atoms with Gasteiger partial charge in [-0.2, -0.15) is 12.6 Å². The molecular weight excluding hydrogens is 377 g/mol. The Bertz CT molecular complexity index is 491. The van der Waals surface area contributed by atoms with Crippen LogP contribution >= 0.6 is 35.2 Å². The molecular formula is C13H14INO3S. The molecule has 1 saturated heterocycles. The lowest BCUT2D eigenvalue weighted by atomic mass is 10.1. The normalized spacial score (nSPS) is 20.6. The van der Waals surface area contributed by atoms with Crippen LogP contribution < -0.4 is 0 Å². The largest absolute Gasteiger partial charge is 0.480 e. The van der Waals surface area contributed by atoms with Crippen molar-refractivity contribution < 1.29 is 14.7 Å². The molecule has 1 aliphatic rings. The highest BCUT2D eigenvalue weighted by Crippen LogP contribution is 2.21. The number of hydrogen-bond acceptors (Lipinski definition) is 3. The highest BCUT2D eigenvalue weighted by molar-refractivity contribution is 14.1. The first-order valence-corrected chi connectivity index (χ1v) is 7.51. The Balaban J connectivity index is 2.15. The molecule has 0 aliphatic carbocycles. The SMILES string of the molecule is O=C(O)C(Cc1ccc(I)cc1)N1CC(S)CC1=O. The van der Waals surface area contributed by atoms with E-state index >= 15 is 0 Å². The van der Waals surface area contributed by atoms with Gasteiger partial charge in [0, 0.05) is 28.2 Å². The number of benzene rings is 1. The lowest BCUT2D eigenvalue weighted by Gasteiger charge is -2.24. The number of carbonyl (C=O) groups excluding carboxylic acids is 1. The van der Waals surface area contributed by atoms with Crippen LogP contribution in [0, 0.1) is 3.57 Å². The summed E-state index contributed by atoms with van der Waals surface area (Å²) in [7, 11) is 0. The second-order valence-electron chi connectivity index (χ2n) is 4.59. The van der Waals surface area contributed by atoms with Crippen molar-refractivity contribution in [2.75, 3.05) is 6.54 Å². The van der Waals surface area contributed by atoms with Crippen LogP contribution in [0.15, 0.2) is 24.3 Å². The molecule has 0 aromatic heterocycles. The van der Waals surface area contributed by atoms with E-state index in [1.807, 2.05) is 24.3 Å². The van der Waals surface area contributed by atoms with E-state index in [0.29, 0.717) is 19.4 Å². The van der Waals surface area contributed by atoms with Crippen LogP contribution in [-0.4, -0.2) is 39.7 Å². The molecule has 0 bridgehead atoms. The molecule has 1 aromatic carbocycles. The van der Waals surface area contributed by atoms with Crippen LogP contribution in [0.4, 0.5) is 0 Å². The molecule has 0 spiro atoms. The van der Waals surface area contributed by atoms with Crippen LogP contribution in [-0.2, 0) is 16.0 Å². The van der Waals surface area contributed by atoms with E-state index in [4.69, 9.17) is 0 Å². The minimum absolute atomic E-state index is 0.0638. The summed E-state index contributed by atoms with van der Waals surface area (Å²) in [6.45, 7) is 0.406. The van der Waals surface area contributed by atoms with Gasteiger partial charge in [0.2, 0.25) is 5.91 Å². The van der Waals surface area contributed by atoms with Crippen molar-refractivity contribution in [1.29, 1.82) is 0 Å². The molecule has 1 aliphatic heterocycles. The zero-order valence-corrected chi connectivity index (χ0v) is 13.2. The molecule has 6 heteroatoms. The van der Waals surface area contributed by atoms with E-state index in [1.54, 1.807) is 0 Å². The minimum Gasteiger partial charge on any atom is -0.480 e. The maximum atomic E-state index is 11.8. The number of carboxylic acids is 1. The number of rotatable bonds is 4. The van der Waals surface area contributed by atoms with Gasteiger partial charge in [0.15, 0.2) is 0 Å². The number of carboxylic acid groups (broad SMARTS) is 1. The number of halogens is 1. The summed E-state index contributed by atoms with van der Waals surface area (Å²) in [4.78, 5) is 24.6. The molecule has 0 saturated carbocycles. The monoisotopic (exact) mass is 391 g/mol. The van der Waals surface area contributed by atoms with Crippen molar-refractivity contribution in [3.63, 3.8) is 0 Å². The van der Waals surface area contributed by atoms with Crippen LogP contribution in [0.2, 0.25) is 0 Å². The lowest BCUT2D eigenvalue weighted by Crippen LogP contribution is -2.43. The van der Waals surface area contributed by atoms with Gasteiger partial charge >= 0.3 is 5.97 Å². The first kappa shape index (κ1) is 14.6. The Hall–Kier alpha value is -0.760. The average Bonchev–Trinajstić information content (AvgIpc) is 2.67. The Morgan fingerprint density at radius 3 is 2.58 bits per heavy atom. The standard InChI is InChI=1S/C13H14INO3S/c14-9-3-1-8(2-4-9)5-11(13(17)18)15-7-10(19)6-12(15)16/h1-4,10-11,19H,5-7H2,(H,17,18). The predicted molar refractivity (Wildman–Crippen MR) is 83.4 cm³/mol. The fourth-order valence-electron chi connectivity index (χ4n) is 2.19. The zero-order chi connectivity index (χ0) is 14.0. The molecule has 1 N–H and O–H groups in total. The van der Waals surface area contributed by atoms with E-state index in [0.717, 1.165) is 9.13 Å². The third-order valence-electron chi connectivity index (χ3n) is 3.14. The Kier molecular flexibility index (Phi) is 4.72. The van der Waals surface area contributed by atoms with Crippen LogP contribution in [0.25, 0.3) is 0 Å². The second-order valence-corrected chi connectivity index (χ2v) is 6.56. The van der Waals surface area contributed by atoms with Crippen LogP contribution in [0.3, 0.4) is 0 Å². The molecule has 1 aromatic rings. The molecule has 102 valence electrons. The molecule has 4 nitrogen and oxygen atoms in total. The zero-order valence-electron chi connectivity index (χ0n) is 10.1. The number of carbonyl (C=O) groups is 2. The third kappa shape index (κ3) is 3.62. The quantitative estimate of drug-likeness (QED) is 0.608. The van der Waals surface area contributed by atoms with Crippen LogP contribution in [0.5, 0.6) is 0 Å². The van der Waals surface area contributed by atoms with Crippen molar-refractivity contribution in [2.24, 2.45) is 0 Å². The van der Waals surface area contributed by atoms with Crippen molar-refractivity contribution in [3.05, 3.63) is 33.4 Å². The summed E-state index contributed by atoms with van der Waals surface area (Å²) in [5.74, 6) is -1.09. The molecule has 1 amide bonds. The smallest absolute Gasteiger partial charge is 0.326 e. The van der Waals surface area contributed by atoms with Crippen LogP contribution in [0.1, 0.15) is 12.0 Å². The molecule has 19 heavy (non-hydrogen) atoms. The molecule has 2 unspecified atom stereocenters. The van der Waals surface area contributed by atoms with Crippen molar-refractivity contribution in [1.82, 2.24) is 4.90 Å². The van der Waals surface area contributed by atoms with Gasteiger partial charge in [-0.3, -0.25) is 4.79 Å². The number of hydrogen-bond donors (Lipinski definition) is 2. The summed E-state index contributed by atoms with van der Waals surface area (Å²) < 4.78 is 1.10. The van der Waals surface area contributed by atoms with Gasteiger partial charge in [0.25, 0.3) is 0 Å². The van der Waals surface area contributed by atoms with E-state index in [1.165, 1.54) is 4.90 Å². The summed E-state index contributed by atoms with van der Waals surface area (Å²) in [6.07, 6.45) is 0.651. The summed E-state index contributed by atoms with van der Waals surface area (Å²) in [6, 6.07) is 6.86. The number of amides is 1. The first-order valence-electron chi connectivity index (χ1n) is 5.92. The van der Waals surface area contributed by atoms with Gasteiger partial charge in [0.05, 0.1) is 0 Å². The molecule has 2 rings (SSSR count). The van der Waals surface area contributed by atoms with Gasteiger partial charge in [-0.15, -0.1) is 0 Å². The number of likely N-dealkylation sites (tertiary alicyclic amines) is 1. The fourth-order valence-corrected chi connectivity index (χ4v) is 2.88. The van der Waals surface area contributed by atoms with Crippen molar-refractivity contribution in [3.8, 4) is 0 Å². The average molecular weight is 391 g/mol. The maximum Gasteiger partial charge on any atom is 0.326 e. The number of nitrogens with zero attached hydrogens (tertiary/aromatic N) is 1. The second kappa shape index (κ2) is 6.13. The van der Waals surface area contributed by atoms with Gasteiger partial charge in [-0.25, -0.2) is 4.79 Å². The van der Waals surface area contributed by atoms with Gasteiger partial charge in [-0.05, 0) is 40.3 Å². The molecule has 0 radical (unpaired) electrons. The van der Waals surface area contributed by atoms with Crippen molar-refractivity contribution >= 4 is 47.1 Å². The Morgan fingerprint density at radius 2 is 2.11 bits per heavy atom. The summed E-state index contributed by atoms with van der Waals surface area (Å²) >= 11 is 6.45. The highest BCUT2D eigenvalue weighted by atomic mass is 127. The minimum atomic E-state index is -0.964. The van der Waals surface area contributed by atoms with Gasteiger partial charge < -0.3 is 10.0 Å². The summed E-state index contributed by atoms with van der Waals surface area (Å²) in [5.41, 5.74) is 0.920. The predicted octanol–water partition coefficient (Wildman–Crippen LogP) is 1.82. The summed E-state index contributed by atoms with van der Waals surface area (Å²) in [5, 5.41) is 9.27. The molecule has 1 heterocycles. The maximum absolute atomic E-state index is 11.8. The Labute approximate surface area is 130 Å². The fraction of sp³-hybridized carbons (Fsp3) is 0.385. The van der Waals surface area contributed by atoms with E-state index in [2.05, 4.69) is 35.2 Å². The van der Waals surface area contributed by atoms with Gasteiger partial charge in [-0.1, -0.05) is 12.1 Å². The van der Waals surface area contributed by atoms with Gasteiger partial charge in [0.1, 0.15) is 6.04 Å². The van der Waals surface area contributed by atoms with E-state index in [-0.39, 0.29) is 11.2 Å². The van der Waals surface area contributed by atoms with E-state index in [9.17, 15) is 14.7 Å². The molecule has 2 atom stereocenters. The number of thiol groups is 1. The highest BCUT2D eigenvalue weighted by Gasteiger charge is 2.36. The van der Waals surface area contributed by atoms with E-state index < -0.39 is 12.0 Å². The Morgan fingerprint density at radius 1 is 1.47 bits per heavy atom. The topological polar surface area (TPSA) is 57.6 Å². The first-order chi connectivity index (χ1) is 8.97. The molecule has 1 fully saturated rings. The lowest BCUT2D eigenvalue weighted by molar-refractivity contribution is -0.148. The number of aliphatic carboxylic acids is 1. The van der Waals surface area contributed by atoms with Crippen molar-refractivity contribution in [2.45, 2.75) is 24.1 Å².